The number of rotatable bonds is 7. The standard InChI is InChI=1S/C17H28N2O3S/c1-6-13-23(21,22)18-11-12-19(14(2)20)16-9-7-15(8-10-16)17(3,4)5/h7-10,18H,6,11-13H2,1-5H3. The van der Waals surface area contributed by atoms with Gasteiger partial charge in [-0.25, -0.2) is 13.1 Å². The Morgan fingerprint density at radius 1 is 1.17 bits per heavy atom. The van der Waals surface area contributed by atoms with Crippen LogP contribution in [0.2, 0.25) is 0 Å². The first-order chi connectivity index (χ1) is 10.6. The van der Waals surface area contributed by atoms with Crippen LogP contribution in [0.5, 0.6) is 0 Å². The Kier molecular flexibility index (Phi) is 6.77. The highest BCUT2D eigenvalue weighted by atomic mass is 32.2. The first-order valence-electron chi connectivity index (χ1n) is 7.93. The van der Waals surface area contributed by atoms with Crippen LogP contribution in [0.25, 0.3) is 0 Å². The van der Waals surface area contributed by atoms with Crippen LogP contribution >= 0.6 is 0 Å². The Bertz CT molecular complexity index is 616. The minimum atomic E-state index is -3.25. The summed E-state index contributed by atoms with van der Waals surface area (Å²) in [6.07, 6.45) is 0.569. The molecule has 130 valence electrons. The molecule has 1 aromatic carbocycles. The number of hydrogen-bond donors (Lipinski definition) is 1. The van der Waals surface area contributed by atoms with Crippen molar-refractivity contribution >= 4 is 21.6 Å². The Morgan fingerprint density at radius 2 is 1.74 bits per heavy atom. The molecule has 1 N–H and O–H groups in total. The number of sulfonamides is 1. The normalized spacial score (nSPS) is 12.2. The van der Waals surface area contributed by atoms with Crippen LogP contribution in [-0.4, -0.2) is 33.2 Å². The number of hydrogen-bond acceptors (Lipinski definition) is 3. The van der Waals surface area contributed by atoms with Crippen molar-refractivity contribution in [2.45, 2.75) is 46.5 Å². The van der Waals surface area contributed by atoms with Crippen molar-refractivity contribution in [2.24, 2.45) is 0 Å². The van der Waals surface area contributed by atoms with Crippen molar-refractivity contribution in [1.82, 2.24) is 4.72 Å². The first-order valence-corrected chi connectivity index (χ1v) is 9.58. The van der Waals surface area contributed by atoms with E-state index in [0.29, 0.717) is 13.0 Å². The van der Waals surface area contributed by atoms with E-state index in [2.05, 4.69) is 25.5 Å². The zero-order valence-corrected chi connectivity index (χ0v) is 15.5. The molecule has 1 aromatic rings. The maximum atomic E-state index is 11.9. The first kappa shape index (κ1) is 19.6. The molecule has 0 radical (unpaired) electrons. The quantitative estimate of drug-likeness (QED) is 0.830. The van der Waals surface area contributed by atoms with Gasteiger partial charge >= 0.3 is 0 Å². The van der Waals surface area contributed by atoms with Gasteiger partial charge in [-0.05, 0) is 29.5 Å². The van der Waals surface area contributed by atoms with E-state index in [-0.39, 0.29) is 23.6 Å². The third-order valence-corrected chi connectivity index (χ3v) is 5.15. The fourth-order valence-corrected chi connectivity index (χ4v) is 3.35. The fourth-order valence-electron chi connectivity index (χ4n) is 2.26. The topological polar surface area (TPSA) is 66.5 Å². The van der Waals surface area contributed by atoms with Gasteiger partial charge in [0, 0.05) is 25.7 Å². The number of carbonyl (C=O) groups is 1. The summed E-state index contributed by atoms with van der Waals surface area (Å²) < 4.78 is 25.8. The molecule has 0 unspecified atom stereocenters. The number of carbonyl (C=O) groups excluding carboxylic acids is 1. The average Bonchev–Trinajstić information content (AvgIpc) is 2.42. The molecule has 0 aliphatic rings. The number of amides is 1. The van der Waals surface area contributed by atoms with Gasteiger partial charge in [-0.3, -0.25) is 4.79 Å². The van der Waals surface area contributed by atoms with Crippen molar-refractivity contribution in [3.05, 3.63) is 29.8 Å². The molecular weight excluding hydrogens is 312 g/mol. The molecule has 0 spiro atoms. The largest absolute Gasteiger partial charge is 0.311 e. The van der Waals surface area contributed by atoms with Crippen LogP contribution in [-0.2, 0) is 20.2 Å². The second-order valence-corrected chi connectivity index (χ2v) is 8.61. The third kappa shape index (κ3) is 6.31. The van der Waals surface area contributed by atoms with E-state index in [1.54, 1.807) is 4.90 Å². The van der Waals surface area contributed by atoms with Crippen molar-refractivity contribution in [3.63, 3.8) is 0 Å². The summed E-state index contributed by atoms with van der Waals surface area (Å²) in [6, 6.07) is 7.82. The summed E-state index contributed by atoms with van der Waals surface area (Å²) in [6.45, 7) is 10.2. The van der Waals surface area contributed by atoms with Gasteiger partial charge in [-0.1, -0.05) is 39.8 Å². The SMILES string of the molecule is CCCS(=O)(=O)NCCN(C(C)=O)c1ccc(C(C)(C)C)cc1. The minimum Gasteiger partial charge on any atom is -0.311 e. The lowest BCUT2D eigenvalue weighted by Gasteiger charge is -2.24. The number of nitrogens with zero attached hydrogens (tertiary/aromatic N) is 1. The number of nitrogens with one attached hydrogen (secondary N) is 1. The Hall–Kier alpha value is -1.40. The lowest BCUT2D eigenvalue weighted by Crippen LogP contribution is -2.38. The van der Waals surface area contributed by atoms with E-state index in [0.717, 1.165) is 5.69 Å². The molecule has 0 aliphatic carbocycles. The van der Waals surface area contributed by atoms with Gasteiger partial charge in [0.15, 0.2) is 0 Å². The van der Waals surface area contributed by atoms with E-state index >= 15 is 0 Å². The third-order valence-electron chi connectivity index (χ3n) is 3.56. The number of anilines is 1. The van der Waals surface area contributed by atoms with Gasteiger partial charge < -0.3 is 4.90 Å². The van der Waals surface area contributed by atoms with Crippen molar-refractivity contribution in [1.29, 1.82) is 0 Å². The van der Waals surface area contributed by atoms with E-state index < -0.39 is 10.0 Å². The van der Waals surface area contributed by atoms with Crippen molar-refractivity contribution in [2.75, 3.05) is 23.7 Å². The summed E-state index contributed by atoms with van der Waals surface area (Å²) in [5.74, 6) is -0.00363. The summed E-state index contributed by atoms with van der Waals surface area (Å²) in [5.41, 5.74) is 2.02. The molecule has 0 saturated heterocycles. The highest BCUT2D eigenvalue weighted by Crippen LogP contribution is 2.24. The van der Waals surface area contributed by atoms with E-state index in [1.807, 2.05) is 31.2 Å². The Balaban J connectivity index is 2.78. The average molecular weight is 340 g/mol. The molecule has 0 fully saturated rings. The molecule has 0 atom stereocenters. The minimum absolute atomic E-state index is 0.0510. The van der Waals surface area contributed by atoms with Gasteiger partial charge in [-0.2, -0.15) is 0 Å². The molecule has 0 aromatic heterocycles. The lowest BCUT2D eigenvalue weighted by molar-refractivity contribution is -0.116. The fraction of sp³-hybridized carbons (Fsp3) is 0.588. The Labute approximate surface area is 140 Å². The van der Waals surface area contributed by atoms with Gasteiger partial charge in [0.1, 0.15) is 0 Å². The van der Waals surface area contributed by atoms with E-state index in [4.69, 9.17) is 0 Å². The summed E-state index contributed by atoms with van der Waals surface area (Å²) in [7, 11) is -3.25. The van der Waals surface area contributed by atoms with Crippen molar-refractivity contribution < 1.29 is 13.2 Å². The molecule has 0 aliphatic heterocycles. The molecular formula is C17H28N2O3S. The molecule has 1 rings (SSSR count). The van der Waals surface area contributed by atoms with Crippen LogP contribution in [0, 0.1) is 0 Å². The molecule has 6 heteroatoms. The van der Waals surface area contributed by atoms with Crippen molar-refractivity contribution in [3.8, 4) is 0 Å². The molecule has 5 nitrogen and oxygen atoms in total. The summed E-state index contributed by atoms with van der Waals surface area (Å²) >= 11 is 0. The van der Waals surface area contributed by atoms with Crippen LogP contribution < -0.4 is 9.62 Å². The highest BCUT2D eigenvalue weighted by Gasteiger charge is 2.16. The second-order valence-electron chi connectivity index (χ2n) is 6.68. The predicted octanol–water partition coefficient (Wildman–Crippen LogP) is 2.67. The molecule has 23 heavy (non-hydrogen) atoms. The second kappa shape index (κ2) is 7.93. The highest BCUT2D eigenvalue weighted by molar-refractivity contribution is 7.89. The maximum Gasteiger partial charge on any atom is 0.223 e. The van der Waals surface area contributed by atoms with Gasteiger partial charge in [0.05, 0.1) is 5.75 Å². The van der Waals surface area contributed by atoms with Gasteiger partial charge in [0.25, 0.3) is 0 Å². The van der Waals surface area contributed by atoms with Gasteiger partial charge in [-0.15, -0.1) is 0 Å². The van der Waals surface area contributed by atoms with E-state index in [1.165, 1.54) is 12.5 Å². The number of benzene rings is 1. The van der Waals surface area contributed by atoms with Gasteiger partial charge in [0.2, 0.25) is 15.9 Å². The van der Waals surface area contributed by atoms with Crippen LogP contribution in [0.1, 0.15) is 46.6 Å². The molecule has 0 bridgehead atoms. The van der Waals surface area contributed by atoms with Crippen LogP contribution in [0.15, 0.2) is 24.3 Å². The lowest BCUT2D eigenvalue weighted by atomic mass is 9.87. The zero-order chi connectivity index (χ0) is 17.7. The predicted molar refractivity (Wildman–Crippen MR) is 95.2 cm³/mol. The Morgan fingerprint density at radius 3 is 2.17 bits per heavy atom. The monoisotopic (exact) mass is 340 g/mol. The molecule has 1 amide bonds. The summed E-state index contributed by atoms with van der Waals surface area (Å²) in [5, 5.41) is 0. The van der Waals surface area contributed by atoms with Crippen LogP contribution in [0.4, 0.5) is 5.69 Å². The smallest absolute Gasteiger partial charge is 0.223 e. The zero-order valence-electron chi connectivity index (χ0n) is 14.7. The molecule has 0 heterocycles. The molecule has 0 saturated carbocycles. The van der Waals surface area contributed by atoms with E-state index in [9.17, 15) is 13.2 Å². The van der Waals surface area contributed by atoms with Crippen LogP contribution in [0.3, 0.4) is 0 Å². The summed E-state index contributed by atoms with van der Waals surface area (Å²) in [4.78, 5) is 13.4. The maximum absolute atomic E-state index is 11.9.